The fourth-order valence-corrected chi connectivity index (χ4v) is 4.73. The van der Waals surface area contributed by atoms with Crippen LogP contribution >= 0.6 is 11.6 Å². The molecular weight excluding hydrogens is 477 g/mol. The van der Waals surface area contributed by atoms with Gasteiger partial charge in [-0.2, -0.15) is 4.98 Å². The molecule has 1 amide bonds. The van der Waals surface area contributed by atoms with Gasteiger partial charge in [-0.25, -0.2) is 4.98 Å². The van der Waals surface area contributed by atoms with Gasteiger partial charge >= 0.3 is 0 Å². The number of likely N-dealkylation sites (N-methyl/N-ethyl adjacent to an activating group) is 1. The predicted octanol–water partition coefficient (Wildman–Crippen LogP) is 2.32. The van der Waals surface area contributed by atoms with E-state index in [1.54, 1.807) is 25.4 Å². The van der Waals surface area contributed by atoms with Crippen LogP contribution in [0.3, 0.4) is 0 Å². The quantitative estimate of drug-likeness (QED) is 0.497. The van der Waals surface area contributed by atoms with Crippen molar-refractivity contribution in [3.8, 4) is 5.75 Å². The topological polar surface area (TPSA) is 101 Å². The second-order valence-electron chi connectivity index (χ2n) is 9.46. The molecule has 0 spiro atoms. The molecule has 1 aromatic carbocycles. The molecule has 1 aliphatic rings. The molecule has 2 N–H and O–H groups in total. The van der Waals surface area contributed by atoms with Crippen molar-refractivity contribution in [2.24, 2.45) is 18.9 Å². The van der Waals surface area contributed by atoms with Crippen LogP contribution < -0.4 is 25.8 Å². The summed E-state index contributed by atoms with van der Waals surface area (Å²) in [5, 5.41) is 4.37. The summed E-state index contributed by atoms with van der Waals surface area (Å²) in [4.78, 5) is 36.0. The summed E-state index contributed by atoms with van der Waals surface area (Å²) < 4.78 is 6.79. The van der Waals surface area contributed by atoms with Crippen LogP contribution in [0.5, 0.6) is 5.75 Å². The molecule has 0 saturated carbocycles. The molecule has 2 atom stereocenters. The maximum absolute atomic E-state index is 12.8. The van der Waals surface area contributed by atoms with Gasteiger partial charge in [0.25, 0.3) is 5.56 Å². The van der Waals surface area contributed by atoms with Gasteiger partial charge < -0.3 is 24.8 Å². The third-order valence-corrected chi connectivity index (χ3v) is 6.47. The molecule has 2 aromatic heterocycles. The lowest BCUT2D eigenvalue weighted by atomic mass is 9.64. The number of piperidine rings is 1. The molecule has 0 bridgehead atoms. The van der Waals surface area contributed by atoms with E-state index in [2.05, 4.69) is 39.3 Å². The minimum atomic E-state index is -2.21. The average Bonchev–Trinajstić information content (AvgIpc) is 2.82. The van der Waals surface area contributed by atoms with E-state index in [1.807, 2.05) is 6.07 Å². The maximum atomic E-state index is 12.8. The van der Waals surface area contributed by atoms with E-state index in [0.29, 0.717) is 45.2 Å². The Labute approximate surface area is 217 Å². The summed E-state index contributed by atoms with van der Waals surface area (Å²) in [5.74, 6) is 1.26. The van der Waals surface area contributed by atoms with Crippen molar-refractivity contribution in [1.29, 1.82) is 0 Å². The molecular formula is C24H27B2ClN6O3. The minimum Gasteiger partial charge on any atom is -0.492 e. The fourth-order valence-electron chi connectivity index (χ4n) is 4.59. The molecule has 4 rings (SSSR count). The van der Waals surface area contributed by atoms with E-state index in [-0.39, 0.29) is 5.75 Å². The highest BCUT2D eigenvalue weighted by Gasteiger charge is 2.29. The number of hydrogen-bond donors (Lipinski definition) is 2. The summed E-state index contributed by atoms with van der Waals surface area (Å²) in [6.07, 6.45) is 2.77. The van der Waals surface area contributed by atoms with E-state index >= 15 is 0 Å². The average molecular weight is 505 g/mol. The third-order valence-electron chi connectivity index (χ3n) is 6.20. The van der Waals surface area contributed by atoms with Crippen molar-refractivity contribution in [3.63, 3.8) is 0 Å². The first-order chi connectivity index (χ1) is 17.0. The van der Waals surface area contributed by atoms with Crippen LogP contribution in [0.1, 0.15) is 20.3 Å². The van der Waals surface area contributed by atoms with Crippen molar-refractivity contribution < 1.29 is 9.53 Å². The highest BCUT2D eigenvalue weighted by molar-refractivity contribution is 6.50. The molecule has 184 valence electrons. The number of aromatic nitrogens is 3. The fraction of sp³-hybridized carbons (Fsp3) is 0.417. The highest BCUT2D eigenvalue weighted by Crippen LogP contribution is 2.30. The summed E-state index contributed by atoms with van der Waals surface area (Å²) in [5.41, 5.74) is 0.834. The number of carbonyl (C=O) groups is 1. The Balaban J connectivity index is 1.66. The molecule has 0 unspecified atom stereocenters. The lowest BCUT2D eigenvalue weighted by molar-refractivity contribution is -0.126. The Morgan fingerprint density at radius 1 is 1.22 bits per heavy atom. The molecule has 1 fully saturated rings. The first kappa shape index (κ1) is 25.9. The van der Waals surface area contributed by atoms with Gasteiger partial charge in [-0.15, -0.1) is 0 Å². The number of nitrogens with zero attached hydrogens (tertiary/aromatic N) is 4. The van der Waals surface area contributed by atoms with E-state index in [1.165, 1.54) is 24.1 Å². The van der Waals surface area contributed by atoms with Gasteiger partial charge in [-0.1, -0.05) is 25.4 Å². The van der Waals surface area contributed by atoms with Crippen LogP contribution in [-0.2, 0) is 11.8 Å². The first-order valence-electron chi connectivity index (χ1n) is 11.7. The Bertz CT molecular complexity index is 1360. The lowest BCUT2D eigenvalue weighted by Crippen LogP contribution is -2.52. The number of hydrogen-bond acceptors (Lipinski definition) is 7. The normalized spacial score (nSPS) is 18.2. The SMILES string of the molecule is [B]C([B])(Oc1cc2cc(Nc3nc(N4C[C@H](C)C[C@H](C)C4)ncc3Cl)ccc2n(C)c1=O)C(=O)NC. The zero-order valence-electron chi connectivity index (χ0n) is 20.7. The number of fused-ring (bicyclic) bond motifs is 1. The number of ether oxygens (including phenoxy) is 1. The molecule has 3 heterocycles. The monoisotopic (exact) mass is 504 g/mol. The van der Waals surface area contributed by atoms with E-state index in [9.17, 15) is 9.59 Å². The summed E-state index contributed by atoms with van der Waals surface area (Å²) in [7, 11) is 14.5. The molecule has 12 heteroatoms. The van der Waals surface area contributed by atoms with Gasteiger partial charge in [0.15, 0.2) is 11.6 Å². The Morgan fingerprint density at radius 2 is 1.92 bits per heavy atom. The predicted molar refractivity (Wildman–Crippen MR) is 144 cm³/mol. The van der Waals surface area contributed by atoms with Crippen molar-refractivity contribution in [2.75, 3.05) is 30.4 Å². The molecule has 1 aliphatic heterocycles. The van der Waals surface area contributed by atoms with Gasteiger partial charge in [0.05, 0.1) is 11.7 Å². The summed E-state index contributed by atoms with van der Waals surface area (Å²) in [6.45, 7) is 6.23. The van der Waals surface area contributed by atoms with Crippen LogP contribution in [0.15, 0.2) is 35.3 Å². The number of rotatable bonds is 6. The number of halogens is 1. The van der Waals surface area contributed by atoms with Gasteiger partial charge in [0.2, 0.25) is 11.9 Å². The van der Waals surface area contributed by atoms with Crippen LogP contribution in [0, 0.1) is 11.8 Å². The molecule has 0 aliphatic carbocycles. The maximum Gasteiger partial charge on any atom is 0.293 e. The van der Waals surface area contributed by atoms with Crippen molar-refractivity contribution >= 4 is 61.6 Å². The zero-order valence-corrected chi connectivity index (χ0v) is 21.5. The van der Waals surface area contributed by atoms with Gasteiger partial charge in [0, 0.05) is 38.3 Å². The molecule has 9 nitrogen and oxygen atoms in total. The smallest absolute Gasteiger partial charge is 0.293 e. The molecule has 4 radical (unpaired) electrons. The van der Waals surface area contributed by atoms with E-state index < -0.39 is 16.9 Å². The lowest BCUT2D eigenvalue weighted by Gasteiger charge is -2.35. The summed E-state index contributed by atoms with van der Waals surface area (Å²) >= 11 is 6.41. The zero-order chi connectivity index (χ0) is 26.2. The largest absolute Gasteiger partial charge is 0.492 e. The van der Waals surface area contributed by atoms with E-state index in [0.717, 1.165) is 13.1 Å². The van der Waals surface area contributed by atoms with Gasteiger partial charge in [0.1, 0.15) is 26.1 Å². The number of aryl methyl sites for hydroxylation is 1. The first-order valence-corrected chi connectivity index (χ1v) is 12.0. The van der Waals surface area contributed by atoms with Gasteiger partial charge in [-0.3, -0.25) is 9.59 Å². The molecule has 1 saturated heterocycles. The van der Waals surface area contributed by atoms with Gasteiger partial charge in [-0.05, 0) is 42.5 Å². The number of pyridine rings is 1. The van der Waals surface area contributed by atoms with Crippen molar-refractivity contribution in [3.05, 3.63) is 45.8 Å². The second kappa shape index (κ2) is 10.0. The number of carbonyl (C=O) groups excluding carboxylic acids is 1. The standard InChI is InChI=1S/C24H27B2ClN6O3/c1-13-7-14(2)12-33(11-13)23-29-10-17(27)20(31-23)30-16-5-6-18-15(8-16)9-19(21(34)32(18)4)36-24(25,26)22(35)28-3/h5-6,8-10,13-14H,7,11-12H2,1-4H3,(H,28,35)(H,29,30,31)/t13-,14+. The van der Waals surface area contributed by atoms with Crippen molar-refractivity contribution in [1.82, 2.24) is 19.9 Å². The number of benzene rings is 1. The van der Waals surface area contributed by atoms with Crippen LogP contribution in [0.4, 0.5) is 17.5 Å². The third kappa shape index (κ3) is 5.31. The Kier molecular flexibility index (Phi) is 7.22. The second-order valence-corrected chi connectivity index (χ2v) is 9.87. The number of amides is 1. The van der Waals surface area contributed by atoms with Crippen molar-refractivity contribution in [2.45, 2.75) is 25.7 Å². The highest BCUT2D eigenvalue weighted by atomic mass is 35.5. The Morgan fingerprint density at radius 3 is 2.58 bits per heavy atom. The molecule has 36 heavy (non-hydrogen) atoms. The number of nitrogens with one attached hydrogen (secondary N) is 2. The van der Waals surface area contributed by atoms with Crippen LogP contribution in [0.25, 0.3) is 10.9 Å². The van der Waals surface area contributed by atoms with Crippen LogP contribution in [-0.4, -0.2) is 61.7 Å². The van der Waals surface area contributed by atoms with Crippen LogP contribution in [0.2, 0.25) is 5.02 Å². The number of anilines is 3. The Hall–Kier alpha value is -3.20. The molecule has 3 aromatic rings. The minimum absolute atomic E-state index is 0.161. The summed E-state index contributed by atoms with van der Waals surface area (Å²) in [6, 6.07) is 6.89. The van der Waals surface area contributed by atoms with E-state index in [4.69, 9.17) is 32.0 Å².